The van der Waals surface area contributed by atoms with Crippen LogP contribution in [0.2, 0.25) is 0 Å². The van der Waals surface area contributed by atoms with Crippen molar-refractivity contribution in [1.82, 2.24) is 9.80 Å². The molecular weight excluding hydrogens is 198 g/mol. The van der Waals surface area contributed by atoms with Crippen LogP contribution in [-0.4, -0.2) is 54.6 Å². The number of piperidine rings is 1. The van der Waals surface area contributed by atoms with Gasteiger partial charge in [-0.2, -0.15) is 0 Å². The Kier molecular flexibility index (Phi) is 3.88. The molecule has 16 heavy (non-hydrogen) atoms. The van der Waals surface area contributed by atoms with Crippen LogP contribution in [0.1, 0.15) is 39.0 Å². The summed E-state index contributed by atoms with van der Waals surface area (Å²) in [7, 11) is 2.30. The van der Waals surface area contributed by atoms with Crippen molar-refractivity contribution in [1.29, 1.82) is 0 Å². The second kappa shape index (κ2) is 5.03. The van der Waals surface area contributed by atoms with Gasteiger partial charge in [-0.05, 0) is 52.4 Å². The van der Waals surface area contributed by atoms with Crippen molar-refractivity contribution in [3.8, 4) is 0 Å². The quantitative estimate of drug-likeness (QED) is 0.782. The second-order valence-electron chi connectivity index (χ2n) is 5.56. The fourth-order valence-corrected chi connectivity index (χ4v) is 3.15. The van der Waals surface area contributed by atoms with Gasteiger partial charge in [-0.15, -0.1) is 0 Å². The molecule has 1 heterocycles. The molecule has 1 saturated carbocycles. The molecule has 0 bridgehead atoms. The Labute approximate surface area is 100.0 Å². The Bertz CT molecular complexity index is 217. The third kappa shape index (κ3) is 2.13. The van der Waals surface area contributed by atoms with Crippen molar-refractivity contribution in [2.24, 2.45) is 5.73 Å². The highest BCUT2D eigenvalue weighted by molar-refractivity contribution is 4.98. The van der Waals surface area contributed by atoms with E-state index < -0.39 is 0 Å². The zero-order valence-corrected chi connectivity index (χ0v) is 10.9. The van der Waals surface area contributed by atoms with Crippen molar-refractivity contribution in [2.75, 3.05) is 33.2 Å². The van der Waals surface area contributed by atoms with E-state index in [4.69, 9.17) is 5.73 Å². The molecule has 0 atom stereocenters. The van der Waals surface area contributed by atoms with Gasteiger partial charge in [0.25, 0.3) is 0 Å². The predicted octanol–water partition coefficient (Wildman–Crippen LogP) is 1.28. The lowest BCUT2D eigenvalue weighted by Crippen LogP contribution is -2.61. The monoisotopic (exact) mass is 225 g/mol. The summed E-state index contributed by atoms with van der Waals surface area (Å²) >= 11 is 0. The molecule has 94 valence electrons. The normalized spacial score (nSPS) is 27.0. The summed E-state index contributed by atoms with van der Waals surface area (Å²) in [5.74, 6) is 0. The van der Waals surface area contributed by atoms with Crippen LogP contribution in [-0.2, 0) is 0 Å². The number of rotatable bonds is 4. The van der Waals surface area contributed by atoms with Gasteiger partial charge < -0.3 is 10.6 Å². The molecule has 1 aliphatic carbocycles. The van der Waals surface area contributed by atoms with E-state index >= 15 is 0 Å². The smallest absolute Gasteiger partial charge is 0.0355 e. The molecule has 2 N–H and O–H groups in total. The van der Waals surface area contributed by atoms with Crippen LogP contribution in [0.15, 0.2) is 0 Å². The van der Waals surface area contributed by atoms with Crippen molar-refractivity contribution in [3.63, 3.8) is 0 Å². The van der Waals surface area contributed by atoms with E-state index in [2.05, 4.69) is 23.8 Å². The number of hydrogen-bond acceptors (Lipinski definition) is 3. The minimum atomic E-state index is 0.302. The van der Waals surface area contributed by atoms with E-state index in [-0.39, 0.29) is 0 Å². The average molecular weight is 225 g/mol. The van der Waals surface area contributed by atoms with Gasteiger partial charge >= 0.3 is 0 Å². The maximum Gasteiger partial charge on any atom is 0.0355 e. The first-order valence-electron chi connectivity index (χ1n) is 6.87. The summed E-state index contributed by atoms with van der Waals surface area (Å²) in [6, 6.07) is 0.816. The topological polar surface area (TPSA) is 32.5 Å². The van der Waals surface area contributed by atoms with Gasteiger partial charge in [-0.3, -0.25) is 4.90 Å². The van der Waals surface area contributed by atoms with Crippen molar-refractivity contribution in [3.05, 3.63) is 0 Å². The van der Waals surface area contributed by atoms with Crippen LogP contribution < -0.4 is 5.73 Å². The van der Waals surface area contributed by atoms with Crippen LogP contribution in [0.3, 0.4) is 0 Å². The average Bonchev–Trinajstić information content (AvgIpc) is 2.27. The summed E-state index contributed by atoms with van der Waals surface area (Å²) < 4.78 is 0. The summed E-state index contributed by atoms with van der Waals surface area (Å²) in [5, 5.41) is 0. The Hall–Kier alpha value is -0.120. The van der Waals surface area contributed by atoms with Gasteiger partial charge in [-0.25, -0.2) is 0 Å². The molecule has 0 aromatic rings. The SMILES string of the molecule is CCN1CCC(CN)(N(C)C2CCC2)CC1. The molecule has 0 aromatic carbocycles. The molecule has 2 aliphatic rings. The molecule has 0 amide bonds. The molecule has 2 fully saturated rings. The van der Waals surface area contributed by atoms with Gasteiger partial charge in [0.1, 0.15) is 0 Å². The van der Waals surface area contributed by atoms with E-state index in [1.54, 1.807) is 0 Å². The molecular formula is C13H27N3. The highest BCUT2D eigenvalue weighted by Crippen LogP contribution is 2.34. The minimum absolute atomic E-state index is 0.302. The zero-order valence-electron chi connectivity index (χ0n) is 10.9. The highest BCUT2D eigenvalue weighted by atomic mass is 15.2. The maximum absolute atomic E-state index is 6.08. The molecule has 1 aliphatic heterocycles. The molecule has 3 heteroatoms. The number of nitrogens with zero attached hydrogens (tertiary/aromatic N) is 2. The minimum Gasteiger partial charge on any atom is -0.329 e. The maximum atomic E-state index is 6.08. The van der Waals surface area contributed by atoms with Gasteiger partial charge in [0.15, 0.2) is 0 Å². The van der Waals surface area contributed by atoms with Crippen LogP contribution in [0.25, 0.3) is 0 Å². The van der Waals surface area contributed by atoms with Crippen LogP contribution >= 0.6 is 0 Å². The van der Waals surface area contributed by atoms with Crippen molar-refractivity contribution >= 4 is 0 Å². The molecule has 0 aromatic heterocycles. The van der Waals surface area contributed by atoms with Gasteiger partial charge in [-0.1, -0.05) is 13.3 Å². The Morgan fingerprint density at radius 1 is 1.31 bits per heavy atom. The highest BCUT2D eigenvalue weighted by Gasteiger charge is 2.40. The Morgan fingerprint density at radius 3 is 2.31 bits per heavy atom. The van der Waals surface area contributed by atoms with Crippen LogP contribution in [0.4, 0.5) is 0 Å². The van der Waals surface area contributed by atoms with Gasteiger partial charge in [0.2, 0.25) is 0 Å². The number of hydrogen-bond donors (Lipinski definition) is 1. The first-order chi connectivity index (χ1) is 7.72. The Morgan fingerprint density at radius 2 is 1.94 bits per heavy atom. The van der Waals surface area contributed by atoms with Crippen molar-refractivity contribution < 1.29 is 0 Å². The second-order valence-corrected chi connectivity index (χ2v) is 5.56. The van der Waals surface area contributed by atoms with E-state index in [1.165, 1.54) is 51.7 Å². The third-order valence-corrected chi connectivity index (χ3v) is 4.98. The summed E-state index contributed by atoms with van der Waals surface area (Å²) in [5.41, 5.74) is 6.38. The van der Waals surface area contributed by atoms with E-state index in [0.717, 1.165) is 12.6 Å². The number of likely N-dealkylation sites (N-methyl/N-ethyl adjacent to an activating group) is 1. The molecule has 0 radical (unpaired) electrons. The summed E-state index contributed by atoms with van der Waals surface area (Å²) in [4.78, 5) is 5.16. The fraction of sp³-hybridized carbons (Fsp3) is 1.00. The third-order valence-electron chi connectivity index (χ3n) is 4.98. The molecule has 0 spiro atoms. The lowest BCUT2D eigenvalue weighted by Gasteiger charge is -2.52. The zero-order chi connectivity index (χ0) is 11.6. The van der Waals surface area contributed by atoms with Crippen LogP contribution in [0, 0.1) is 0 Å². The van der Waals surface area contributed by atoms with E-state index in [1.807, 2.05) is 0 Å². The number of likely N-dealkylation sites (tertiary alicyclic amines) is 1. The van der Waals surface area contributed by atoms with Gasteiger partial charge in [0, 0.05) is 18.1 Å². The molecule has 1 saturated heterocycles. The van der Waals surface area contributed by atoms with E-state index in [9.17, 15) is 0 Å². The molecule has 3 nitrogen and oxygen atoms in total. The van der Waals surface area contributed by atoms with Gasteiger partial charge in [0.05, 0.1) is 0 Å². The summed E-state index contributed by atoms with van der Waals surface area (Å²) in [6.45, 7) is 6.73. The van der Waals surface area contributed by atoms with Crippen molar-refractivity contribution in [2.45, 2.75) is 50.6 Å². The lowest BCUT2D eigenvalue weighted by molar-refractivity contribution is -0.00610. The lowest BCUT2D eigenvalue weighted by atomic mass is 9.81. The first-order valence-corrected chi connectivity index (χ1v) is 6.87. The predicted molar refractivity (Wildman–Crippen MR) is 68.5 cm³/mol. The first kappa shape index (κ1) is 12.3. The Balaban J connectivity index is 1.96. The fourth-order valence-electron chi connectivity index (χ4n) is 3.15. The standard InChI is InChI=1S/C13H27N3/c1-3-16-9-7-13(11-14,8-10-16)15(2)12-5-4-6-12/h12H,3-11,14H2,1-2H3. The van der Waals surface area contributed by atoms with Crippen LogP contribution in [0.5, 0.6) is 0 Å². The largest absolute Gasteiger partial charge is 0.329 e. The van der Waals surface area contributed by atoms with E-state index in [0.29, 0.717) is 5.54 Å². The molecule has 0 unspecified atom stereocenters. The summed E-state index contributed by atoms with van der Waals surface area (Å²) in [6.07, 6.45) is 6.69. The molecule has 2 rings (SSSR count). The number of nitrogens with two attached hydrogens (primary N) is 1.